The van der Waals surface area contributed by atoms with Crippen LogP contribution in [-0.4, -0.2) is 54.6 Å². The molecule has 0 heterocycles. The fraction of sp³-hybridized carbons (Fsp3) is 0.533. The van der Waals surface area contributed by atoms with Gasteiger partial charge in [0.1, 0.15) is 0 Å². The summed E-state index contributed by atoms with van der Waals surface area (Å²) in [4.78, 5) is 0. The van der Waals surface area contributed by atoms with E-state index < -0.39 is 0 Å². The van der Waals surface area contributed by atoms with Gasteiger partial charge >= 0.3 is 0 Å². The highest BCUT2D eigenvalue weighted by atomic mass is 35.5. The van der Waals surface area contributed by atoms with Gasteiger partial charge in [0.05, 0.1) is 28.4 Å². The second-order valence-corrected chi connectivity index (χ2v) is 8.63. The van der Waals surface area contributed by atoms with E-state index in [1.807, 2.05) is 12.1 Å². The van der Waals surface area contributed by atoms with Crippen molar-refractivity contribution in [1.82, 2.24) is 10.6 Å². The van der Waals surface area contributed by atoms with Gasteiger partial charge in [-0.25, -0.2) is 0 Å². The van der Waals surface area contributed by atoms with Gasteiger partial charge in [-0.3, -0.25) is 0 Å². The van der Waals surface area contributed by atoms with E-state index in [9.17, 15) is 0 Å². The minimum absolute atomic E-state index is 0. The van der Waals surface area contributed by atoms with Gasteiger partial charge in [-0.1, -0.05) is 38.1 Å². The lowest BCUT2D eigenvalue weighted by atomic mass is 10.0. The first-order chi connectivity index (χ1) is 17.6. The molecule has 0 unspecified atom stereocenters. The van der Waals surface area contributed by atoms with Crippen LogP contribution in [0.3, 0.4) is 0 Å². The molecule has 0 atom stereocenters. The highest BCUT2D eigenvalue weighted by Gasteiger charge is 2.14. The van der Waals surface area contributed by atoms with E-state index in [0.29, 0.717) is 0 Å². The molecule has 2 rings (SSSR count). The number of benzene rings is 2. The topological polar surface area (TPSA) is 61.0 Å². The van der Waals surface area contributed by atoms with Gasteiger partial charge < -0.3 is 29.6 Å². The molecule has 2 N–H and O–H groups in total. The molecule has 0 fully saturated rings. The molecule has 6 nitrogen and oxygen atoms in total. The zero-order valence-electron chi connectivity index (χ0n) is 23.6. The fourth-order valence-corrected chi connectivity index (χ4v) is 4.61. The summed E-state index contributed by atoms with van der Waals surface area (Å²) in [7, 11) is 6.79. The maximum Gasteiger partial charge on any atom is 0.164 e. The predicted octanol–water partition coefficient (Wildman–Crippen LogP) is 5.57. The third kappa shape index (κ3) is 9.76. The van der Waals surface area contributed by atoms with Crippen LogP contribution in [0.2, 0.25) is 0 Å². The highest BCUT2D eigenvalue weighted by molar-refractivity contribution is 5.85. The smallest absolute Gasteiger partial charge is 0.164 e. The Balaban J connectivity index is 0.00000684. The largest absolute Gasteiger partial charge is 0.493 e. The molecule has 0 spiro atoms. The molecule has 37 heavy (non-hydrogen) atoms. The molecule has 0 aromatic heterocycles. The van der Waals surface area contributed by atoms with Crippen LogP contribution >= 0.6 is 12.4 Å². The molecule has 0 radical (unpaired) electrons. The van der Waals surface area contributed by atoms with Gasteiger partial charge in [-0.05, 0) is 88.0 Å². The molecule has 0 amide bonds. The average molecular weight is 535 g/mol. The fourth-order valence-electron chi connectivity index (χ4n) is 4.61. The van der Waals surface area contributed by atoms with E-state index in [1.54, 1.807) is 28.4 Å². The molecule has 2 aromatic rings. The molecule has 7 heteroatoms. The van der Waals surface area contributed by atoms with E-state index in [4.69, 9.17) is 18.9 Å². The van der Waals surface area contributed by atoms with Gasteiger partial charge in [0.15, 0.2) is 23.0 Å². The van der Waals surface area contributed by atoms with Gasteiger partial charge in [0.2, 0.25) is 0 Å². The van der Waals surface area contributed by atoms with Crippen molar-refractivity contribution in [3.8, 4) is 23.0 Å². The van der Waals surface area contributed by atoms with E-state index in [2.05, 4.69) is 48.8 Å². The molecule has 208 valence electrons. The molecule has 0 bridgehead atoms. The van der Waals surface area contributed by atoms with Crippen LogP contribution < -0.4 is 29.6 Å². The van der Waals surface area contributed by atoms with Crippen molar-refractivity contribution in [3.05, 3.63) is 58.7 Å². The summed E-state index contributed by atoms with van der Waals surface area (Å²) in [6.45, 7) is 8.19. The standard InChI is InChI=1S/C30H46N2O4.ClH/c1-7-25-23(13-15-27(33-3)29(25)35-5)17-21-31-19-11-9-10-12-20-32-22-18-24-14-16-28(34-4)30(36-6)26(24)8-2;/h9-10,13-16,31-32H,7-8,11-12,17-22H2,1-6H3;1H/b10-9+;. The van der Waals surface area contributed by atoms with E-state index in [0.717, 1.165) is 87.7 Å². The van der Waals surface area contributed by atoms with Crippen molar-refractivity contribution in [2.45, 2.75) is 52.4 Å². The van der Waals surface area contributed by atoms with Crippen LogP contribution in [0, 0.1) is 0 Å². The molecular formula is C30H47ClN2O4. The molecule has 0 saturated carbocycles. The Hall–Kier alpha value is -2.41. The second kappa shape index (κ2) is 18.8. The van der Waals surface area contributed by atoms with Crippen LogP contribution in [-0.2, 0) is 25.7 Å². The second-order valence-electron chi connectivity index (χ2n) is 8.63. The van der Waals surface area contributed by atoms with Crippen molar-refractivity contribution in [3.63, 3.8) is 0 Å². The maximum absolute atomic E-state index is 5.59. The molecule has 0 saturated heterocycles. The van der Waals surface area contributed by atoms with E-state index in [-0.39, 0.29) is 12.4 Å². The lowest BCUT2D eigenvalue weighted by Gasteiger charge is -2.16. The van der Waals surface area contributed by atoms with Crippen molar-refractivity contribution < 1.29 is 18.9 Å². The zero-order chi connectivity index (χ0) is 26.2. The van der Waals surface area contributed by atoms with Crippen molar-refractivity contribution in [1.29, 1.82) is 0 Å². The maximum atomic E-state index is 5.59. The van der Waals surface area contributed by atoms with Crippen molar-refractivity contribution in [2.75, 3.05) is 54.6 Å². The van der Waals surface area contributed by atoms with Crippen LogP contribution in [0.4, 0.5) is 0 Å². The summed E-state index contributed by atoms with van der Waals surface area (Å²) < 4.78 is 22.0. The van der Waals surface area contributed by atoms with E-state index in [1.165, 1.54) is 22.3 Å². The lowest BCUT2D eigenvalue weighted by molar-refractivity contribution is 0.351. The number of nitrogens with one attached hydrogen (secondary N) is 2. The summed E-state index contributed by atoms with van der Waals surface area (Å²) >= 11 is 0. The van der Waals surface area contributed by atoms with Crippen LogP contribution in [0.5, 0.6) is 23.0 Å². The lowest BCUT2D eigenvalue weighted by Crippen LogP contribution is -2.19. The number of rotatable bonds is 18. The van der Waals surface area contributed by atoms with Gasteiger partial charge in [-0.15, -0.1) is 12.4 Å². The molecular weight excluding hydrogens is 488 g/mol. The van der Waals surface area contributed by atoms with Crippen LogP contribution in [0.15, 0.2) is 36.4 Å². The molecule has 0 aliphatic rings. The van der Waals surface area contributed by atoms with Crippen LogP contribution in [0.25, 0.3) is 0 Å². The normalized spacial score (nSPS) is 10.9. The van der Waals surface area contributed by atoms with Crippen LogP contribution in [0.1, 0.15) is 48.9 Å². The Morgan fingerprint density at radius 1 is 0.595 bits per heavy atom. The Morgan fingerprint density at radius 2 is 1.00 bits per heavy atom. The Kier molecular flexibility index (Phi) is 16.6. The number of hydrogen-bond donors (Lipinski definition) is 2. The number of hydrogen-bond acceptors (Lipinski definition) is 6. The average Bonchev–Trinajstić information content (AvgIpc) is 2.92. The number of ether oxygens (including phenoxy) is 4. The van der Waals surface area contributed by atoms with E-state index >= 15 is 0 Å². The summed E-state index contributed by atoms with van der Waals surface area (Å²) in [5.41, 5.74) is 5.12. The molecule has 2 aromatic carbocycles. The van der Waals surface area contributed by atoms with Gasteiger partial charge in [-0.2, -0.15) is 0 Å². The summed E-state index contributed by atoms with van der Waals surface area (Å²) in [5, 5.41) is 7.10. The zero-order valence-corrected chi connectivity index (χ0v) is 24.4. The van der Waals surface area contributed by atoms with Crippen molar-refractivity contribution >= 4 is 12.4 Å². The molecule has 0 aliphatic heterocycles. The number of methoxy groups -OCH3 is 4. The van der Waals surface area contributed by atoms with Crippen molar-refractivity contribution in [2.24, 2.45) is 0 Å². The minimum atomic E-state index is 0. The van der Waals surface area contributed by atoms with Gasteiger partial charge in [0.25, 0.3) is 0 Å². The monoisotopic (exact) mass is 534 g/mol. The predicted molar refractivity (Wildman–Crippen MR) is 157 cm³/mol. The first kappa shape index (κ1) is 32.6. The number of halogens is 1. The Bertz CT molecular complexity index is 874. The summed E-state index contributed by atoms with van der Waals surface area (Å²) in [5.74, 6) is 3.34. The van der Waals surface area contributed by atoms with Gasteiger partial charge in [0, 0.05) is 11.1 Å². The minimum Gasteiger partial charge on any atom is -0.493 e. The Morgan fingerprint density at radius 3 is 1.32 bits per heavy atom. The first-order valence-corrected chi connectivity index (χ1v) is 13.2. The Labute approximate surface area is 230 Å². The quantitative estimate of drug-likeness (QED) is 0.193. The SMILES string of the molecule is CCc1c(CCNCC/C=C/CCNCCc2ccc(OC)c(OC)c2CC)ccc(OC)c1OC.Cl. The third-order valence-corrected chi connectivity index (χ3v) is 6.48. The molecule has 0 aliphatic carbocycles. The summed E-state index contributed by atoms with van der Waals surface area (Å²) in [6.07, 6.45) is 10.4. The summed E-state index contributed by atoms with van der Waals surface area (Å²) in [6, 6.07) is 8.31. The first-order valence-electron chi connectivity index (χ1n) is 13.2. The third-order valence-electron chi connectivity index (χ3n) is 6.48. The highest BCUT2D eigenvalue weighted by Crippen LogP contribution is 2.35.